The van der Waals surface area contributed by atoms with Crippen LogP contribution >= 0.6 is 11.8 Å². The maximum Gasteiger partial charge on any atom is 0.0669 e. The molecule has 3 heteroatoms. The van der Waals surface area contributed by atoms with Crippen molar-refractivity contribution in [1.82, 2.24) is 0 Å². The van der Waals surface area contributed by atoms with E-state index < -0.39 is 0 Å². The Balaban J connectivity index is 1.97. The van der Waals surface area contributed by atoms with Crippen LogP contribution in [0.1, 0.15) is 6.42 Å². The highest BCUT2D eigenvalue weighted by molar-refractivity contribution is 8.00. The molecular formula is C15H14N2S. The predicted molar refractivity (Wildman–Crippen MR) is 75.7 cm³/mol. The van der Waals surface area contributed by atoms with Crippen LogP contribution in [0, 0.1) is 11.3 Å². The van der Waals surface area contributed by atoms with E-state index >= 15 is 0 Å². The van der Waals surface area contributed by atoms with E-state index in [4.69, 9.17) is 5.26 Å². The summed E-state index contributed by atoms with van der Waals surface area (Å²) in [5, 5.41) is 9.25. The van der Waals surface area contributed by atoms with Crippen LogP contribution in [0.4, 0.5) is 5.69 Å². The van der Waals surface area contributed by atoms with Crippen molar-refractivity contribution in [2.24, 2.45) is 0 Å². The molecule has 3 rings (SSSR count). The summed E-state index contributed by atoms with van der Waals surface area (Å²) in [6.07, 6.45) is 7.06. The molecule has 0 radical (unpaired) electrons. The van der Waals surface area contributed by atoms with Gasteiger partial charge in [-0.1, -0.05) is 30.4 Å². The predicted octanol–water partition coefficient (Wildman–Crippen LogP) is 3.38. The number of allylic oxidation sites excluding steroid dienone is 2. The molecule has 1 aliphatic carbocycles. The molecule has 0 amide bonds. The first-order valence-corrected chi connectivity index (χ1v) is 6.92. The van der Waals surface area contributed by atoms with Crippen molar-refractivity contribution in [2.75, 3.05) is 11.9 Å². The van der Waals surface area contributed by atoms with Gasteiger partial charge in [0, 0.05) is 11.9 Å². The maximum atomic E-state index is 8.79. The Kier molecular flexibility index (Phi) is 2.89. The third-order valence-corrected chi connectivity index (χ3v) is 4.77. The van der Waals surface area contributed by atoms with Crippen LogP contribution in [0.15, 0.2) is 53.0 Å². The van der Waals surface area contributed by atoms with Crippen molar-refractivity contribution in [1.29, 1.82) is 5.26 Å². The van der Waals surface area contributed by atoms with E-state index in [2.05, 4.69) is 60.5 Å². The molecule has 0 spiro atoms. The molecule has 0 saturated carbocycles. The molecular weight excluding hydrogens is 240 g/mol. The smallest absolute Gasteiger partial charge is 0.0669 e. The van der Waals surface area contributed by atoms with Gasteiger partial charge in [-0.25, -0.2) is 0 Å². The van der Waals surface area contributed by atoms with E-state index in [1.165, 1.54) is 10.6 Å². The fourth-order valence-corrected chi connectivity index (χ4v) is 3.85. The van der Waals surface area contributed by atoms with Gasteiger partial charge in [-0.15, -0.1) is 11.8 Å². The van der Waals surface area contributed by atoms with E-state index in [0.29, 0.717) is 17.7 Å². The lowest BCUT2D eigenvalue weighted by molar-refractivity contribution is 0.739. The number of fused-ring (bicyclic) bond motifs is 2. The van der Waals surface area contributed by atoms with Crippen LogP contribution in [0.25, 0.3) is 0 Å². The normalized spacial score (nSPS) is 24.9. The fourth-order valence-electron chi connectivity index (χ4n) is 2.51. The van der Waals surface area contributed by atoms with Crippen molar-refractivity contribution in [3.8, 4) is 6.07 Å². The summed E-state index contributed by atoms with van der Waals surface area (Å²) in [7, 11) is 2.13. The Hall–Kier alpha value is -1.66. The van der Waals surface area contributed by atoms with Crippen LogP contribution in [0.5, 0.6) is 0 Å². The SMILES string of the molecule is CN1c2ccccc2S[C@H]2C=CC(CC#N)=C[C@H]21. The van der Waals surface area contributed by atoms with Crippen molar-refractivity contribution in [3.05, 3.63) is 48.1 Å². The molecule has 1 aromatic rings. The third-order valence-electron chi connectivity index (χ3n) is 3.46. The van der Waals surface area contributed by atoms with Gasteiger partial charge < -0.3 is 4.90 Å². The van der Waals surface area contributed by atoms with Crippen LogP contribution in [-0.2, 0) is 0 Å². The highest BCUT2D eigenvalue weighted by Gasteiger charge is 2.31. The summed E-state index contributed by atoms with van der Waals surface area (Å²) < 4.78 is 0. The first-order chi connectivity index (χ1) is 8.79. The van der Waals surface area contributed by atoms with Crippen LogP contribution in [0.3, 0.4) is 0 Å². The summed E-state index contributed by atoms with van der Waals surface area (Å²) in [5.41, 5.74) is 2.41. The summed E-state index contributed by atoms with van der Waals surface area (Å²) in [6.45, 7) is 0. The molecule has 0 fully saturated rings. The number of benzene rings is 1. The number of anilines is 1. The summed E-state index contributed by atoms with van der Waals surface area (Å²) in [5.74, 6) is 0. The zero-order chi connectivity index (χ0) is 12.5. The maximum absolute atomic E-state index is 8.79. The van der Waals surface area contributed by atoms with Gasteiger partial charge in [-0.05, 0) is 17.7 Å². The lowest BCUT2D eigenvalue weighted by atomic mass is 9.98. The zero-order valence-corrected chi connectivity index (χ0v) is 11.0. The molecule has 1 heterocycles. The summed E-state index contributed by atoms with van der Waals surface area (Å²) in [4.78, 5) is 3.65. The number of likely N-dealkylation sites (N-methyl/N-ethyl adjacent to an activating group) is 1. The molecule has 0 saturated heterocycles. The number of para-hydroxylation sites is 1. The van der Waals surface area contributed by atoms with Gasteiger partial charge in [0.15, 0.2) is 0 Å². The monoisotopic (exact) mass is 254 g/mol. The second kappa shape index (κ2) is 4.55. The Morgan fingerprint density at radius 2 is 2.22 bits per heavy atom. The molecule has 2 atom stereocenters. The van der Waals surface area contributed by atoms with Crippen molar-refractivity contribution in [2.45, 2.75) is 22.6 Å². The highest BCUT2D eigenvalue weighted by Crippen LogP contribution is 2.43. The molecule has 2 nitrogen and oxygen atoms in total. The molecule has 0 unspecified atom stereocenters. The Morgan fingerprint density at radius 3 is 3.06 bits per heavy atom. The minimum absolute atomic E-state index is 0.359. The number of hydrogen-bond donors (Lipinski definition) is 0. The first kappa shape index (κ1) is 11.4. The van der Waals surface area contributed by atoms with E-state index in [1.54, 1.807) is 0 Å². The number of hydrogen-bond acceptors (Lipinski definition) is 3. The lowest BCUT2D eigenvalue weighted by Gasteiger charge is -2.40. The van der Waals surface area contributed by atoms with Crippen molar-refractivity contribution < 1.29 is 0 Å². The second-order valence-electron chi connectivity index (χ2n) is 4.59. The van der Waals surface area contributed by atoms with E-state index in [0.717, 1.165) is 5.57 Å². The minimum atomic E-state index is 0.359. The molecule has 0 bridgehead atoms. The topological polar surface area (TPSA) is 27.0 Å². The Labute approximate surface area is 112 Å². The van der Waals surface area contributed by atoms with Gasteiger partial charge in [-0.2, -0.15) is 5.26 Å². The molecule has 0 aromatic heterocycles. The fraction of sp³-hybridized carbons (Fsp3) is 0.267. The van der Waals surface area contributed by atoms with Crippen molar-refractivity contribution >= 4 is 17.4 Å². The van der Waals surface area contributed by atoms with E-state index in [1.807, 2.05) is 11.8 Å². The number of nitriles is 1. The van der Waals surface area contributed by atoms with Gasteiger partial charge >= 0.3 is 0 Å². The average Bonchev–Trinajstić information content (AvgIpc) is 2.40. The largest absolute Gasteiger partial charge is 0.366 e. The molecule has 90 valence electrons. The third kappa shape index (κ3) is 1.83. The van der Waals surface area contributed by atoms with Gasteiger partial charge in [0.1, 0.15) is 0 Å². The molecule has 1 aromatic carbocycles. The average molecular weight is 254 g/mol. The van der Waals surface area contributed by atoms with Crippen LogP contribution in [-0.4, -0.2) is 18.3 Å². The summed E-state index contributed by atoms with van der Waals surface area (Å²) in [6, 6.07) is 11.1. The Morgan fingerprint density at radius 1 is 1.39 bits per heavy atom. The molecule has 18 heavy (non-hydrogen) atoms. The second-order valence-corrected chi connectivity index (χ2v) is 5.81. The van der Waals surface area contributed by atoms with Gasteiger partial charge in [0.2, 0.25) is 0 Å². The quantitative estimate of drug-likeness (QED) is 0.768. The molecule has 0 N–H and O–H groups in total. The standard InChI is InChI=1S/C15H14N2S/c1-17-12-4-2-3-5-14(12)18-15-7-6-11(8-9-16)10-13(15)17/h2-7,10,13,15H,8H2,1H3/t13-,15+/m1/s1. The van der Waals surface area contributed by atoms with Crippen LogP contribution < -0.4 is 4.90 Å². The van der Waals surface area contributed by atoms with E-state index in [-0.39, 0.29) is 0 Å². The van der Waals surface area contributed by atoms with Crippen LogP contribution in [0.2, 0.25) is 0 Å². The Bertz CT molecular complexity index is 568. The molecule has 1 aliphatic heterocycles. The van der Waals surface area contributed by atoms with Gasteiger partial charge in [-0.3, -0.25) is 0 Å². The minimum Gasteiger partial charge on any atom is -0.366 e. The zero-order valence-electron chi connectivity index (χ0n) is 10.2. The van der Waals surface area contributed by atoms with Crippen molar-refractivity contribution in [3.63, 3.8) is 0 Å². The highest BCUT2D eigenvalue weighted by atomic mass is 32.2. The molecule has 2 aliphatic rings. The number of nitrogens with zero attached hydrogens (tertiary/aromatic N) is 2. The number of rotatable bonds is 1. The number of thioether (sulfide) groups is 1. The first-order valence-electron chi connectivity index (χ1n) is 6.04. The van der Waals surface area contributed by atoms with Gasteiger partial charge in [0.25, 0.3) is 0 Å². The lowest BCUT2D eigenvalue weighted by Crippen LogP contribution is -2.41. The van der Waals surface area contributed by atoms with E-state index in [9.17, 15) is 0 Å². The van der Waals surface area contributed by atoms with Gasteiger partial charge in [0.05, 0.1) is 29.5 Å². The summed E-state index contributed by atoms with van der Waals surface area (Å²) >= 11 is 1.91.